The van der Waals surface area contributed by atoms with Crippen LogP contribution in [0.5, 0.6) is 0 Å². The SMILES string of the molecule is O=C(CCNC(=O)c1ccc(C(=O)O)cn1)NC1CC1. The van der Waals surface area contributed by atoms with E-state index in [0.29, 0.717) is 6.04 Å². The van der Waals surface area contributed by atoms with Crippen LogP contribution in [0, 0.1) is 0 Å². The van der Waals surface area contributed by atoms with Crippen molar-refractivity contribution in [3.8, 4) is 0 Å². The second-order valence-corrected chi connectivity index (χ2v) is 4.58. The van der Waals surface area contributed by atoms with Crippen LogP contribution in [0.3, 0.4) is 0 Å². The highest BCUT2D eigenvalue weighted by Crippen LogP contribution is 2.18. The van der Waals surface area contributed by atoms with Crippen LogP contribution < -0.4 is 10.6 Å². The summed E-state index contributed by atoms with van der Waals surface area (Å²) in [4.78, 5) is 37.5. The highest BCUT2D eigenvalue weighted by atomic mass is 16.4. The third-order valence-corrected chi connectivity index (χ3v) is 2.82. The van der Waals surface area contributed by atoms with Crippen LogP contribution in [0.1, 0.15) is 40.1 Å². The third-order valence-electron chi connectivity index (χ3n) is 2.82. The first kappa shape index (κ1) is 14.0. The molecule has 0 saturated heterocycles. The summed E-state index contributed by atoms with van der Waals surface area (Å²) < 4.78 is 0. The molecule has 7 nitrogen and oxygen atoms in total. The van der Waals surface area contributed by atoms with E-state index in [0.717, 1.165) is 19.0 Å². The van der Waals surface area contributed by atoms with E-state index in [1.807, 2.05) is 0 Å². The molecule has 7 heteroatoms. The molecule has 1 aliphatic carbocycles. The van der Waals surface area contributed by atoms with Gasteiger partial charge in [-0.15, -0.1) is 0 Å². The van der Waals surface area contributed by atoms with Gasteiger partial charge in [-0.1, -0.05) is 0 Å². The molecule has 1 aromatic rings. The Hall–Kier alpha value is -2.44. The van der Waals surface area contributed by atoms with Crippen molar-refractivity contribution in [2.45, 2.75) is 25.3 Å². The zero-order valence-electron chi connectivity index (χ0n) is 10.8. The van der Waals surface area contributed by atoms with Gasteiger partial charge in [0.1, 0.15) is 5.69 Å². The number of carboxylic acid groups (broad SMARTS) is 1. The Bertz CT molecular complexity index is 523. The van der Waals surface area contributed by atoms with Crippen LogP contribution in [0.25, 0.3) is 0 Å². The van der Waals surface area contributed by atoms with Crippen LogP contribution in [-0.4, -0.2) is 40.5 Å². The molecule has 0 radical (unpaired) electrons. The number of carbonyl (C=O) groups is 3. The van der Waals surface area contributed by atoms with Crippen molar-refractivity contribution in [3.63, 3.8) is 0 Å². The Kier molecular flexibility index (Phi) is 4.29. The first-order valence-electron chi connectivity index (χ1n) is 6.33. The van der Waals surface area contributed by atoms with Gasteiger partial charge in [-0.3, -0.25) is 14.6 Å². The number of nitrogens with zero attached hydrogens (tertiary/aromatic N) is 1. The minimum atomic E-state index is -1.10. The van der Waals surface area contributed by atoms with Crippen LogP contribution in [0.2, 0.25) is 0 Å². The van der Waals surface area contributed by atoms with E-state index in [2.05, 4.69) is 15.6 Å². The lowest BCUT2D eigenvalue weighted by Gasteiger charge is -2.05. The summed E-state index contributed by atoms with van der Waals surface area (Å²) >= 11 is 0. The molecule has 1 aromatic heterocycles. The quantitative estimate of drug-likeness (QED) is 0.687. The number of aromatic carboxylic acids is 1. The summed E-state index contributed by atoms with van der Waals surface area (Å²) in [6, 6.07) is 2.95. The number of amides is 2. The summed E-state index contributed by atoms with van der Waals surface area (Å²) in [5.74, 6) is -1.61. The van der Waals surface area contributed by atoms with Crippen molar-refractivity contribution < 1.29 is 19.5 Å². The van der Waals surface area contributed by atoms with E-state index >= 15 is 0 Å². The summed E-state index contributed by atoms with van der Waals surface area (Å²) in [6.45, 7) is 0.222. The van der Waals surface area contributed by atoms with Gasteiger partial charge in [-0.25, -0.2) is 4.79 Å². The Morgan fingerprint density at radius 2 is 2.05 bits per heavy atom. The maximum Gasteiger partial charge on any atom is 0.337 e. The zero-order chi connectivity index (χ0) is 14.5. The van der Waals surface area contributed by atoms with Gasteiger partial charge in [-0.2, -0.15) is 0 Å². The lowest BCUT2D eigenvalue weighted by Crippen LogP contribution is -2.32. The fourth-order valence-corrected chi connectivity index (χ4v) is 1.56. The highest BCUT2D eigenvalue weighted by Gasteiger charge is 2.22. The third kappa shape index (κ3) is 4.04. The van der Waals surface area contributed by atoms with E-state index in [9.17, 15) is 14.4 Å². The second kappa shape index (κ2) is 6.14. The molecule has 0 aromatic carbocycles. The lowest BCUT2D eigenvalue weighted by molar-refractivity contribution is -0.121. The first-order valence-corrected chi connectivity index (χ1v) is 6.33. The fraction of sp³-hybridized carbons (Fsp3) is 0.385. The molecule has 3 N–H and O–H groups in total. The Labute approximate surface area is 115 Å². The predicted octanol–water partition coefficient (Wildman–Crippen LogP) is 0.178. The number of rotatable bonds is 6. The molecule has 0 atom stereocenters. The highest BCUT2D eigenvalue weighted by molar-refractivity contribution is 5.94. The Morgan fingerprint density at radius 3 is 2.60 bits per heavy atom. The van der Waals surface area contributed by atoms with Crippen molar-refractivity contribution in [1.82, 2.24) is 15.6 Å². The number of hydrogen-bond acceptors (Lipinski definition) is 4. The van der Waals surface area contributed by atoms with E-state index < -0.39 is 11.9 Å². The molecule has 1 fully saturated rings. The molecule has 1 heterocycles. The molecule has 0 bridgehead atoms. The molecule has 2 amide bonds. The zero-order valence-corrected chi connectivity index (χ0v) is 10.8. The molecular formula is C13H15N3O4. The summed E-state index contributed by atoms with van der Waals surface area (Å²) in [5, 5.41) is 14.1. The van der Waals surface area contributed by atoms with E-state index in [1.165, 1.54) is 12.1 Å². The molecule has 0 unspecified atom stereocenters. The topological polar surface area (TPSA) is 108 Å². The van der Waals surface area contributed by atoms with Crippen molar-refractivity contribution in [3.05, 3.63) is 29.6 Å². The standard InChI is InChI=1S/C13H15N3O4/c17-11(16-9-2-3-9)5-6-14-12(18)10-4-1-8(7-15-10)13(19)20/h1,4,7,9H,2-3,5-6H2,(H,14,18)(H,16,17)(H,19,20). The summed E-state index contributed by atoms with van der Waals surface area (Å²) in [5.41, 5.74) is 0.142. The fourth-order valence-electron chi connectivity index (χ4n) is 1.56. The minimum Gasteiger partial charge on any atom is -0.478 e. The maximum absolute atomic E-state index is 11.7. The number of hydrogen-bond donors (Lipinski definition) is 3. The average molecular weight is 277 g/mol. The monoisotopic (exact) mass is 277 g/mol. The molecule has 2 rings (SSSR count). The minimum absolute atomic E-state index is 0.0189. The van der Waals surface area contributed by atoms with Gasteiger partial charge in [0.25, 0.3) is 5.91 Å². The lowest BCUT2D eigenvalue weighted by atomic mass is 10.2. The van der Waals surface area contributed by atoms with Gasteiger partial charge in [0.2, 0.25) is 5.91 Å². The molecule has 20 heavy (non-hydrogen) atoms. The van der Waals surface area contributed by atoms with Crippen LogP contribution in [-0.2, 0) is 4.79 Å². The smallest absolute Gasteiger partial charge is 0.337 e. The molecule has 0 aliphatic heterocycles. The molecule has 1 aliphatic rings. The number of carboxylic acids is 1. The number of carbonyl (C=O) groups excluding carboxylic acids is 2. The predicted molar refractivity (Wildman–Crippen MR) is 69.3 cm³/mol. The average Bonchev–Trinajstić information content (AvgIpc) is 3.22. The van der Waals surface area contributed by atoms with Crippen molar-refractivity contribution in [1.29, 1.82) is 0 Å². The number of aromatic nitrogens is 1. The van der Waals surface area contributed by atoms with Crippen molar-refractivity contribution >= 4 is 17.8 Å². The van der Waals surface area contributed by atoms with E-state index in [4.69, 9.17) is 5.11 Å². The van der Waals surface area contributed by atoms with Gasteiger partial charge in [-0.05, 0) is 25.0 Å². The van der Waals surface area contributed by atoms with Crippen molar-refractivity contribution in [2.75, 3.05) is 6.54 Å². The van der Waals surface area contributed by atoms with E-state index in [-0.39, 0.29) is 30.1 Å². The van der Waals surface area contributed by atoms with Gasteiger partial charge < -0.3 is 15.7 Å². The van der Waals surface area contributed by atoms with Crippen LogP contribution in [0.4, 0.5) is 0 Å². The van der Waals surface area contributed by atoms with Crippen molar-refractivity contribution in [2.24, 2.45) is 0 Å². The first-order chi connectivity index (χ1) is 9.56. The summed E-state index contributed by atoms with van der Waals surface area (Å²) in [7, 11) is 0. The molecular weight excluding hydrogens is 262 g/mol. The second-order valence-electron chi connectivity index (χ2n) is 4.58. The van der Waals surface area contributed by atoms with Crippen LogP contribution >= 0.6 is 0 Å². The van der Waals surface area contributed by atoms with E-state index in [1.54, 1.807) is 0 Å². The van der Waals surface area contributed by atoms with Gasteiger partial charge >= 0.3 is 5.97 Å². The Morgan fingerprint density at radius 1 is 1.30 bits per heavy atom. The molecule has 106 valence electrons. The summed E-state index contributed by atoms with van der Waals surface area (Å²) in [6.07, 6.45) is 3.39. The van der Waals surface area contributed by atoms with Gasteiger partial charge in [0.15, 0.2) is 0 Å². The largest absolute Gasteiger partial charge is 0.478 e. The van der Waals surface area contributed by atoms with Gasteiger partial charge in [0, 0.05) is 25.2 Å². The number of nitrogens with one attached hydrogen (secondary N) is 2. The van der Waals surface area contributed by atoms with Gasteiger partial charge in [0.05, 0.1) is 5.56 Å². The Balaban J connectivity index is 1.76. The maximum atomic E-state index is 11.7. The number of pyridine rings is 1. The molecule has 0 spiro atoms. The molecule has 1 saturated carbocycles. The normalized spacial score (nSPS) is 13.6. The van der Waals surface area contributed by atoms with Crippen LogP contribution in [0.15, 0.2) is 18.3 Å².